The number of benzene rings is 4. The number of rotatable bonds is 3. The zero-order valence-electron chi connectivity index (χ0n) is 16.0. The molecule has 31 heavy (non-hydrogen) atoms. The Morgan fingerprint density at radius 2 is 1.42 bits per heavy atom. The molecule has 0 radical (unpaired) electrons. The Bertz CT molecular complexity index is 1570. The number of nitrogens with one attached hydrogen (secondary N) is 1. The lowest BCUT2D eigenvalue weighted by molar-refractivity contribution is 0.479. The van der Waals surface area contributed by atoms with E-state index in [2.05, 4.69) is 16.2 Å². The minimum Gasteiger partial charge on any atom is -0.505 e. The van der Waals surface area contributed by atoms with Crippen molar-refractivity contribution in [3.8, 4) is 26.9 Å². The number of phenolic OH excluding ortho intramolecular Hbond substituents is 1. The highest BCUT2D eigenvalue weighted by atomic mass is 32.1. The van der Waals surface area contributed by atoms with Crippen LogP contribution >= 0.6 is 22.7 Å². The van der Waals surface area contributed by atoms with Crippen molar-refractivity contribution in [1.82, 2.24) is 9.97 Å². The van der Waals surface area contributed by atoms with Crippen molar-refractivity contribution in [2.45, 2.75) is 0 Å². The van der Waals surface area contributed by atoms with Gasteiger partial charge in [-0.25, -0.2) is 15.5 Å². The smallest absolute Gasteiger partial charge is 0.153 e. The number of nitrogens with zero attached hydrogens (tertiary/aromatic N) is 3. The molecule has 0 aliphatic heterocycles. The summed E-state index contributed by atoms with van der Waals surface area (Å²) in [5.41, 5.74) is 11.4. The van der Waals surface area contributed by atoms with E-state index in [-0.39, 0.29) is 11.4 Å². The molecule has 2 aromatic heterocycles. The van der Waals surface area contributed by atoms with Gasteiger partial charge in [-0.1, -0.05) is 36.4 Å². The molecule has 0 saturated heterocycles. The second-order valence-electron chi connectivity index (χ2n) is 7.14. The number of hydrogen-bond acceptors (Lipinski definition) is 7. The van der Waals surface area contributed by atoms with Crippen molar-refractivity contribution in [1.29, 1.82) is 5.53 Å². The predicted octanol–water partition coefficient (Wildman–Crippen LogP) is 7.76. The molecular formula is C24H14N4OS2. The molecule has 0 saturated carbocycles. The molecule has 0 aliphatic rings. The van der Waals surface area contributed by atoms with E-state index in [9.17, 15) is 5.11 Å². The van der Waals surface area contributed by atoms with Gasteiger partial charge in [-0.2, -0.15) is 5.11 Å². The largest absolute Gasteiger partial charge is 0.505 e. The molecule has 0 aliphatic carbocycles. The van der Waals surface area contributed by atoms with Crippen LogP contribution in [0.25, 0.3) is 52.3 Å². The molecule has 6 aromatic rings. The quantitative estimate of drug-likeness (QED) is 0.277. The zero-order valence-corrected chi connectivity index (χ0v) is 17.7. The van der Waals surface area contributed by atoms with E-state index in [1.165, 1.54) is 11.3 Å². The first-order valence-corrected chi connectivity index (χ1v) is 11.2. The van der Waals surface area contributed by atoms with E-state index in [0.29, 0.717) is 10.6 Å². The third kappa shape index (κ3) is 2.90. The highest BCUT2D eigenvalue weighted by molar-refractivity contribution is 7.22. The summed E-state index contributed by atoms with van der Waals surface area (Å²) < 4.78 is 2.19. The van der Waals surface area contributed by atoms with Gasteiger partial charge < -0.3 is 5.11 Å². The van der Waals surface area contributed by atoms with Crippen LogP contribution in [-0.4, -0.2) is 15.1 Å². The number of thiazole rings is 2. The molecule has 0 atom stereocenters. The summed E-state index contributed by atoms with van der Waals surface area (Å²) in [6.45, 7) is 0. The fourth-order valence-corrected chi connectivity index (χ4v) is 5.71. The summed E-state index contributed by atoms with van der Waals surface area (Å²) in [4.78, 5) is 9.44. The van der Waals surface area contributed by atoms with E-state index in [1.54, 1.807) is 11.3 Å². The summed E-state index contributed by atoms with van der Waals surface area (Å²) in [6.07, 6.45) is 0. The maximum Gasteiger partial charge on any atom is 0.153 e. The van der Waals surface area contributed by atoms with Crippen LogP contribution in [0.15, 0.2) is 77.9 Å². The van der Waals surface area contributed by atoms with Crippen LogP contribution in [0.4, 0.5) is 5.69 Å². The van der Waals surface area contributed by atoms with Crippen molar-refractivity contribution in [2.24, 2.45) is 5.11 Å². The number of para-hydroxylation sites is 2. The lowest BCUT2D eigenvalue weighted by atomic mass is 10.0. The number of fused-ring (bicyclic) bond motifs is 3. The molecule has 5 nitrogen and oxygen atoms in total. The maximum absolute atomic E-state index is 10.9. The lowest BCUT2D eigenvalue weighted by Crippen LogP contribution is -1.84. The third-order valence-corrected chi connectivity index (χ3v) is 7.42. The van der Waals surface area contributed by atoms with Crippen LogP contribution < -0.4 is 0 Å². The number of aromatic nitrogens is 2. The summed E-state index contributed by atoms with van der Waals surface area (Å²) in [5, 5.41) is 17.8. The SMILES string of the molecule is N=Nc1c(O)c(-c2nc3ccccc3s2)cc2cc(-c3nc4ccccc4s3)ccc12. The van der Waals surface area contributed by atoms with E-state index >= 15 is 0 Å². The first-order valence-electron chi connectivity index (χ1n) is 9.60. The Labute approximate surface area is 184 Å². The molecule has 0 spiro atoms. The van der Waals surface area contributed by atoms with E-state index < -0.39 is 0 Å². The van der Waals surface area contributed by atoms with Gasteiger partial charge in [0.1, 0.15) is 15.7 Å². The molecule has 2 N–H and O–H groups in total. The highest BCUT2D eigenvalue weighted by Gasteiger charge is 2.18. The van der Waals surface area contributed by atoms with Gasteiger partial charge in [0.05, 0.1) is 26.0 Å². The Balaban J connectivity index is 1.57. The van der Waals surface area contributed by atoms with E-state index in [4.69, 9.17) is 10.5 Å². The molecule has 7 heteroatoms. The number of phenols is 1. The minimum atomic E-state index is -0.0192. The fraction of sp³-hybridized carbons (Fsp3) is 0. The zero-order chi connectivity index (χ0) is 20.9. The Kier molecular flexibility index (Phi) is 4.05. The molecule has 148 valence electrons. The van der Waals surface area contributed by atoms with E-state index in [1.807, 2.05) is 66.7 Å². The van der Waals surface area contributed by atoms with Gasteiger partial charge >= 0.3 is 0 Å². The van der Waals surface area contributed by atoms with Gasteiger partial charge in [0, 0.05) is 10.9 Å². The number of hydrogen-bond donors (Lipinski definition) is 2. The average molecular weight is 439 g/mol. The molecule has 6 rings (SSSR count). The van der Waals surface area contributed by atoms with Crippen molar-refractivity contribution in [3.63, 3.8) is 0 Å². The molecule has 0 unspecified atom stereocenters. The molecule has 4 aromatic carbocycles. The predicted molar refractivity (Wildman–Crippen MR) is 128 cm³/mol. The normalized spacial score (nSPS) is 11.5. The average Bonchev–Trinajstić information content (AvgIpc) is 3.42. The summed E-state index contributed by atoms with van der Waals surface area (Å²) in [5.74, 6) is -0.0192. The summed E-state index contributed by atoms with van der Waals surface area (Å²) >= 11 is 3.16. The summed E-state index contributed by atoms with van der Waals surface area (Å²) in [7, 11) is 0. The van der Waals surface area contributed by atoms with Crippen molar-refractivity contribution < 1.29 is 5.11 Å². The van der Waals surface area contributed by atoms with Crippen molar-refractivity contribution in [3.05, 3.63) is 72.8 Å². The first-order chi connectivity index (χ1) is 15.2. The van der Waals surface area contributed by atoms with E-state index in [0.717, 1.165) is 41.8 Å². The Morgan fingerprint density at radius 1 is 0.774 bits per heavy atom. The van der Waals surface area contributed by atoms with Gasteiger partial charge in [-0.15, -0.1) is 22.7 Å². The second kappa shape index (κ2) is 6.94. The topological polar surface area (TPSA) is 82.2 Å². The fourth-order valence-electron chi connectivity index (χ4n) is 3.77. The molecule has 0 fully saturated rings. The van der Waals surface area contributed by atoms with Gasteiger partial charge in [-0.05, 0) is 41.8 Å². The molecular weight excluding hydrogens is 424 g/mol. The van der Waals surface area contributed by atoms with Crippen LogP contribution in [0, 0.1) is 5.53 Å². The standard InChI is InChI=1S/C24H14N4OS2/c25-28-21-15-10-9-13(23-26-17-5-1-3-7-19(17)30-23)11-14(15)12-16(22(21)29)24-27-18-6-2-4-8-20(18)31-24/h1-12,25,29H. The Hall–Kier alpha value is -3.68. The summed E-state index contributed by atoms with van der Waals surface area (Å²) in [6, 6.07) is 23.8. The van der Waals surface area contributed by atoms with Gasteiger partial charge in [0.15, 0.2) is 5.75 Å². The van der Waals surface area contributed by atoms with Crippen molar-refractivity contribution in [2.75, 3.05) is 0 Å². The number of aromatic hydroxyl groups is 1. The second-order valence-corrected chi connectivity index (χ2v) is 9.20. The monoisotopic (exact) mass is 438 g/mol. The molecule has 0 bridgehead atoms. The van der Waals surface area contributed by atoms with Gasteiger partial charge in [0.2, 0.25) is 0 Å². The van der Waals surface area contributed by atoms with Crippen LogP contribution in [0.2, 0.25) is 0 Å². The maximum atomic E-state index is 10.9. The van der Waals surface area contributed by atoms with Crippen LogP contribution in [0.5, 0.6) is 5.75 Å². The third-order valence-electron chi connectivity index (χ3n) is 5.26. The van der Waals surface area contributed by atoms with Gasteiger partial charge in [0.25, 0.3) is 0 Å². The van der Waals surface area contributed by atoms with Gasteiger partial charge in [-0.3, -0.25) is 0 Å². The van der Waals surface area contributed by atoms with Crippen LogP contribution in [0.1, 0.15) is 0 Å². The molecule has 0 amide bonds. The minimum absolute atomic E-state index is 0.0192. The Morgan fingerprint density at radius 3 is 2.10 bits per heavy atom. The van der Waals surface area contributed by atoms with Crippen LogP contribution in [0.3, 0.4) is 0 Å². The molecule has 2 heterocycles. The van der Waals surface area contributed by atoms with Crippen molar-refractivity contribution >= 4 is 59.6 Å². The highest BCUT2D eigenvalue weighted by Crippen LogP contribution is 2.46. The van der Waals surface area contributed by atoms with Crippen LogP contribution in [-0.2, 0) is 0 Å². The first kappa shape index (κ1) is 18.1. The lowest BCUT2D eigenvalue weighted by Gasteiger charge is -2.09.